The third-order valence-electron chi connectivity index (χ3n) is 5.42. The van der Waals surface area contributed by atoms with E-state index in [-0.39, 0.29) is 17.3 Å². The molecule has 0 amide bonds. The lowest BCUT2D eigenvalue weighted by atomic mass is 9.64. The Labute approximate surface area is 166 Å². The Morgan fingerprint density at radius 3 is 1.90 bits per heavy atom. The maximum absolute atomic E-state index is 5.57. The van der Waals surface area contributed by atoms with E-state index in [1.54, 1.807) is 24.8 Å². The number of rotatable bonds is 4. The highest BCUT2D eigenvalue weighted by Gasteiger charge is 2.44. The van der Waals surface area contributed by atoms with Gasteiger partial charge < -0.3 is 16.0 Å². The molecule has 5 rings (SSSR count). The Kier molecular flexibility index (Phi) is 3.94. The summed E-state index contributed by atoms with van der Waals surface area (Å²) < 4.78 is 5.49. The largest absolute Gasteiger partial charge is 0.368 e. The summed E-state index contributed by atoms with van der Waals surface area (Å²) in [5.41, 5.74) is 14.6. The van der Waals surface area contributed by atoms with E-state index in [0.717, 1.165) is 36.0 Å². The molecule has 9 nitrogen and oxygen atoms in total. The molecule has 1 aliphatic carbocycles. The molecular weight excluding hydrogens is 368 g/mol. The maximum atomic E-state index is 5.57. The molecule has 29 heavy (non-hydrogen) atoms. The van der Waals surface area contributed by atoms with Gasteiger partial charge in [0.1, 0.15) is 0 Å². The molecule has 0 unspecified atom stereocenters. The molecular formula is C20H18N8O. The van der Waals surface area contributed by atoms with Crippen molar-refractivity contribution in [1.82, 2.24) is 30.1 Å². The molecule has 1 saturated carbocycles. The van der Waals surface area contributed by atoms with Crippen molar-refractivity contribution in [2.45, 2.75) is 24.7 Å². The van der Waals surface area contributed by atoms with E-state index in [2.05, 4.69) is 54.3 Å². The SMILES string of the molecule is Nc1ncc(-c2ccc(C3(c4noc(-c5cnc(N)nc5)n4)CCC3)cc2)cn1. The van der Waals surface area contributed by atoms with Crippen molar-refractivity contribution in [1.29, 1.82) is 0 Å². The number of anilines is 2. The Bertz CT molecular complexity index is 1130. The smallest absolute Gasteiger partial charge is 0.261 e. The summed E-state index contributed by atoms with van der Waals surface area (Å²) in [7, 11) is 0. The minimum Gasteiger partial charge on any atom is -0.368 e. The van der Waals surface area contributed by atoms with Crippen LogP contribution < -0.4 is 11.5 Å². The Morgan fingerprint density at radius 2 is 1.34 bits per heavy atom. The second-order valence-corrected chi connectivity index (χ2v) is 7.10. The quantitative estimate of drug-likeness (QED) is 0.541. The first-order valence-electron chi connectivity index (χ1n) is 9.25. The first-order valence-corrected chi connectivity index (χ1v) is 9.25. The number of hydrogen-bond acceptors (Lipinski definition) is 9. The van der Waals surface area contributed by atoms with E-state index in [1.165, 1.54) is 0 Å². The van der Waals surface area contributed by atoms with Crippen LogP contribution in [0.15, 0.2) is 53.6 Å². The fourth-order valence-electron chi connectivity index (χ4n) is 3.62. The molecule has 3 aromatic heterocycles. The molecule has 0 bridgehead atoms. The molecule has 1 aliphatic rings. The van der Waals surface area contributed by atoms with Crippen molar-refractivity contribution in [3.05, 3.63) is 60.4 Å². The molecule has 4 aromatic rings. The van der Waals surface area contributed by atoms with E-state index in [9.17, 15) is 0 Å². The minimum atomic E-state index is -0.243. The second-order valence-electron chi connectivity index (χ2n) is 7.10. The van der Waals surface area contributed by atoms with Crippen LogP contribution >= 0.6 is 0 Å². The van der Waals surface area contributed by atoms with Gasteiger partial charge in [-0.15, -0.1) is 0 Å². The molecule has 0 atom stereocenters. The highest BCUT2D eigenvalue weighted by Crippen LogP contribution is 2.48. The molecule has 0 saturated heterocycles. The van der Waals surface area contributed by atoms with Crippen LogP contribution in [-0.4, -0.2) is 30.1 Å². The van der Waals surface area contributed by atoms with Crippen molar-refractivity contribution in [2.75, 3.05) is 11.5 Å². The van der Waals surface area contributed by atoms with E-state index in [1.807, 2.05) is 0 Å². The zero-order valence-electron chi connectivity index (χ0n) is 15.5. The topological polar surface area (TPSA) is 143 Å². The predicted octanol–water partition coefficient (Wildman–Crippen LogP) is 2.62. The van der Waals surface area contributed by atoms with Crippen molar-refractivity contribution in [3.63, 3.8) is 0 Å². The van der Waals surface area contributed by atoms with Gasteiger partial charge in [0.25, 0.3) is 5.89 Å². The fourth-order valence-corrected chi connectivity index (χ4v) is 3.62. The van der Waals surface area contributed by atoms with Crippen LogP contribution in [0.1, 0.15) is 30.7 Å². The molecule has 3 heterocycles. The summed E-state index contributed by atoms with van der Waals surface area (Å²) in [5, 5.41) is 4.27. The summed E-state index contributed by atoms with van der Waals surface area (Å²) in [6.45, 7) is 0. The summed E-state index contributed by atoms with van der Waals surface area (Å²) in [6, 6.07) is 8.32. The van der Waals surface area contributed by atoms with Gasteiger partial charge in [-0.05, 0) is 24.0 Å². The molecule has 0 spiro atoms. The monoisotopic (exact) mass is 386 g/mol. The van der Waals surface area contributed by atoms with Crippen molar-refractivity contribution in [3.8, 4) is 22.6 Å². The van der Waals surface area contributed by atoms with Gasteiger partial charge in [0.2, 0.25) is 11.9 Å². The Hall–Kier alpha value is -3.88. The number of hydrogen-bond donors (Lipinski definition) is 2. The van der Waals surface area contributed by atoms with Crippen molar-refractivity contribution >= 4 is 11.9 Å². The van der Waals surface area contributed by atoms with Gasteiger partial charge in [-0.1, -0.05) is 35.8 Å². The first kappa shape index (κ1) is 17.2. The van der Waals surface area contributed by atoms with Crippen LogP contribution in [0.2, 0.25) is 0 Å². The van der Waals surface area contributed by atoms with Crippen LogP contribution in [0.3, 0.4) is 0 Å². The van der Waals surface area contributed by atoms with Crippen LogP contribution in [0, 0.1) is 0 Å². The zero-order chi connectivity index (χ0) is 19.8. The van der Waals surface area contributed by atoms with Crippen LogP contribution in [0.25, 0.3) is 22.6 Å². The minimum absolute atomic E-state index is 0.204. The molecule has 144 valence electrons. The third kappa shape index (κ3) is 2.96. The standard InChI is InChI=1S/C20H18N8O/c21-18-23-8-13(9-24-18)12-2-4-15(5-3-12)20(6-1-7-20)17-27-16(29-28-17)14-10-25-19(22)26-11-14/h2-5,8-11H,1,6-7H2,(H2,21,23,24)(H2,22,25,26). The average Bonchev–Trinajstić information content (AvgIpc) is 3.19. The molecule has 0 aliphatic heterocycles. The van der Waals surface area contributed by atoms with Gasteiger partial charge in [-0.3, -0.25) is 0 Å². The molecule has 1 fully saturated rings. The average molecular weight is 386 g/mol. The fraction of sp³-hybridized carbons (Fsp3) is 0.200. The zero-order valence-corrected chi connectivity index (χ0v) is 15.5. The predicted molar refractivity (Wildman–Crippen MR) is 106 cm³/mol. The maximum Gasteiger partial charge on any atom is 0.261 e. The summed E-state index contributed by atoms with van der Waals surface area (Å²) in [4.78, 5) is 20.7. The highest BCUT2D eigenvalue weighted by atomic mass is 16.5. The summed E-state index contributed by atoms with van der Waals surface area (Å²) in [6.07, 6.45) is 9.64. The lowest BCUT2D eigenvalue weighted by Crippen LogP contribution is -2.36. The third-order valence-corrected chi connectivity index (χ3v) is 5.42. The lowest BCUT2D eigenvalue weighted by molar-refractivity contribution is 0.273. The van der Waals surface area contributed by atoms with Crippen molar-refractivity contribution < 1.29 is 4.52 Å². The molecule has 1 aromatic carbocycles. The number of nitrogens with zero attached hydrogens (tertiary/aromatic N) is 6. The van der Waals surface area contributed by atoms with Gasteiger partial charge in [0.05, 0.1) is 11.0 Å². The molecule has 9 heteroatoms. The second kappa shape index (κ2) is 6.62. The van der Waals surface area contributed by atoms with E-state index < -0.39 is 0 Å². The van der Waals surface area contributed by atoms with Gasteiger partial charge >= 0.3 is 0 Å². The summed E-state index contributed by atoms with van der Waals surface area (Å²) in [5.74, 6) is 1.54. The normalized spacial score (nSPS) is 15.0. The van der Waals surface area contributed by atoms with E-state index in [4.69, 9.17) is 16.0 Å². The number of nitrogen functional groups attached to an aromatic ring is 2. The van der Waals surface area contributed by atoms with Gasteiger partial charge in [-0.2, -0.15) is 4.98 Å². The van der Waals surface area contributed by atoms with Gasteiger partial charge in [0.15, 0.2) is 5.82 Å². The van der Waals surface area contributed by atoms with Gasteiger partial charge in [-0.25, -0.2) is 19.9 Å². The van der Waals surface area contributed by atoms with Crippen LogP contribution in [-0.2, 0) is 5.41 Å². The Morgan fingerprint density at radius 1 is 0.759 bits per heavy atom. The number of benzene rings is 1. The van der Waals surface area contributed by atoms with Gasteiger partial charge in [0, 0.05) is 30.4 Å². The highest BCUT2D eigenvalue weighted by molar-refractivity contribution is 5.63. The van der Waals surface area contributed by atoms with Crippen molar-refractivity contribution in [2.24, 2.45) is 0 Å². The first-order chi connectivity index (χ1) is 14.1. The summed E-state index contributed by atoms with van der Waals surface area (Å²) >= 11 is 0. The van der Waals surface area contributed by atoms with Crippen LogP contribution in [0.4, 0.5) is 11.9 Å². The molecule has 4 N–H and O–H groups in total. The number of aromatic nitrogens is 6. The van der Waals surface area contributed by atoms with E-state index >= 15 is 0 Å². The van der Waals surface area contributed by atoms with Crippen LogP contribution in [0.5, 0.6) is 0 Å². The number of nitrogens with two attached hydrogens (primary N) is 2. The Balaban J connectivity index is 1.46. The molecule has 0 radical (unpaired) electrons. The lowest BCUT2D eigenvalue weighted by Gasteiger charge is -2.39. The van der Waals surface area contributed by atoms with E-state index in [0.29, 0.717) is 17.3 Å².